The van der Waals surface area contributed by atoms with Gasteiger partial charge < -0.3 is 5.32 Å². The molecular formula is C13H20N2. The molecule has 0 aromatic carbocycles. The molecule has 1 heterocycles. The van der Waals surface area contributed by atoms with E-state index in [0.29, 0.717) is 6.04 Å². The molecule has 1 saturated carbocycles. The first kappa shape index (κ1) is 10.6. The fourth-order valence-corrected chi connectivity index (χ4v) is 2.63. The van der Waals surface area contributed by atoms with Crippen molar-refractivity contribution in [3.05, 3.63) is 30.1 Å². The highest BCUT2D eigenvalue weighted by Crippen LogP contribution is 2.35. The van der Waals surface area contributed by atoms with Crippen molar-refractivity contribution < 1.29 is 0 Å². The van der Waals surface area contributed by atoms with Crippen LogP contribution >= 0.6 is 0 Å². The van der Waals surface area contributed by atoms with Crippen LogP contribution in [0, 0.1) is 5.92 Å². The van der Waals surface area contributed by atoms with E-state index >= 15 is 0 Å². The van der Waals surface area contributed by atoms with E-state index in [-0.39, 0.29) is 0 Å². The maximum atomic E-state index is 4.22. The van der Waals surface area contributed by atoms with Gasteiger partial charge in [-0.25, -0.2) is 0 Å². The molecule has 0 amide bonds. The second-order valence-electron chi connectivity index (χ2n) is 4.37. The average molecular weight is 204 g/mol. The number of rotatable bonds is 4. The van der Waals surface area contributed by atoms with Crippen LogP contribution in [0.1, 0.15) is 44.2 Å². The SMILES string of the molecule is CCNC(c1cccnc1)C1CCCC1. The Kier molecular flexibility index (Phi) is 3.73. The molecule has 1 fully saturated rings. The molecule has 2 nitrogen and oxygen atoms in total. The van der Waals surface area contributed by atoms with Gasteiger partial charge in [-0.1, -0.05) is 25.8 Å². The predicted molar refractivity (Wildman–Crippen MR) is 62.6 cm³/mol. The average Bonchev–Trinajstić information content (AvgIpc) is 2.80. The second-order valence-corrected chi connectivity index (χ2v) is 4.37. The first-order valence-electron chi connectivity index (χ1n) is 6.05. The third kappa shape index (κ3) is 2.57. The third-order valence-corrected chi connectivity index (χ3v) is 3.34. The Bertz CT molecular complexity index is 278. The Morgan fingerprint density at radius 1 is 1.47 bits per heavy atom. The molecule has 1 N–H and O–H groups in total. The van der Waals surface area contributed by atoms with Gasteiger partial charge >= 0.3 is 0 Å². The molecule has 0 aliphatic heterocycles. The van der Waals surface area contributed by atoms with Crippen LogP contribution in [0.3, 0.4) is 0 Å². The van der Waals surface area contributed by atoms with E-state index in [1.165, 1.54) is 31.2 Å². The lowest BCUT2D eigenvalue weighted by atomic mass is 9.92. The van der Waals surface area contributed by atoms with Crippen LogP contribution in [0.25, 0.3) is 0 Å². The number of aromatic nitrogens is 1. The van der Waals surface area contributed by atoms with Gasteiger partial charge in [0, 0.05) is 18.4 Å². The Hall–Kier alpha value is -0.890. The summed E-state index contributed by atoms with van der Waals surface area (Å²) in [6.45, 7) is 3.22. The summed E-state index contributed by atoms with van der Waals surface area (Å²) in [6, 6.07) is 4.75. The van der Waals surface area contributed by atoms with Crippen molar-refractivity contribution in [2.75, 3.05) is 6.54 Å². The summed E-state index contributed by atoms with van der Waals surface area (Å²) in [5.41, 5.74) is 1.35. The first-order chi connectivity index (χ1) is 7.42. The van der Waals surface area contributed by atoms with E-state index in [0.717, 1.165) is 12.5 Å². The van der Waals surface area contributed by atoms with E-state index in [9.17, 15) is 0 Å². The quantitative estimate of drug-likeness (QED) is 0.815. The van der Waals surface area contributed by atoms with Gasteiger partial charge in [0.1, 0.15) is 0 Å². The molecule has 1 aliphatic carbocycles. The fourth-order valence-electron chi connectivity index (χ4n) is 2.63. The molecule has 1 aliphatic rings. The van der Waals surface area contributed by atoms with Crippen LogP contribution in [0.15, 0.2) is 24.5 Å². The Morgan fingerprint density at radius 3 is 2.87 bits per heavy atom. The highest BCUT2D eigenvalue weighted by Gasteiger charge is 2.25. The summed E-state index contributed by atoms with van der Waals surface area (Å²) >= 11 is 0. The lowest BCUT2D eigenvalue weighted by molar-refractivity contribution is 0.374. The molecule has 1 aromatic heterocycles. The lowest BCUT2D eigenvalue weighted by Crippen LogP contribution is -2.26. The molecule has 2 rings (SSSR count). The van der Waals surface area contributed by atoms with Crippen LogP contribution in [-0.4, -0.2) is 11.5 Å². The van der Waals surface area contributed by atoms with Gasteiger partial charge in [-0.2, -0.15) is 0 Å². The van der Waals surface area contributed by atoms with Crippen LogP contribution in [0.4, 0.5) is 0 Å². The molecule has 0 radical (unpaired) electrons. The highest BCUT2D eigenvalue weighted by atomic mass is 14.9. The van der Waals surface area contributed by atoms with Crippen molar-refractivity contribution in [3.8, 4) is 0 Å². The number of hydrogen-bond donors (Lipinski definition) is 1. The van der Waals surface area contributed by atoms with Gasteiger partial charge in [0.2, 0.25) is 0 Å². The molecule has 1 atom stereocenters. The predicted octanol–water partition coefficient (Wildman–Crippen LogP) is 2.92. The smallest absolute Gasteiger partial charge is 0.0363 e. The van der Waals surface area contributed by atoms with Crippen molar-refractivity contribution in [3.63, 3.8) is 0 Å². The summed E-state index contributed by atoms with van der Waals surface area (Å²) < 4.78 is 0. The van der Waals surface area contributed by atoms with Crippen LogP contribution in [0.2, 0.25) is 0 Å². The highest BCUT2D eigenvalue weighted by molar-refractivity contribution is 5.15. The van der Waals surface area contributed by atoms with Crippen LogP contribution in [-0.2, 0) is 0 Å². The molecule has 0 bridgehead atoms. The second kappa shape index (κ2) is 5.26. The van der Waals surface area contributed by atoms with Crippen LogP contribution in [0.5, 0.6) is 0 Å². The van der Waals surface area contributed by atoms with Gasteiger partial charge in [-0.15, -0.1) is 0 Å². The number of pyridine rings is 1. The van der Waals surface area contributed by atoms with Crippen molar-refractivity contribution in [2.45, 2.75) is 38.6 Å². The maximum absolute atomic E-state index is 4.22. The molecule has 1 aromatic rings. The normalized spacial score (nSPS) is 19.3. The van der Waals surface area contributed by atoms with E-state index < -0.39 is 0 Å². The Labute approximate surface area is 92.1 Å². The maximum Gasteiger partial charge on any atom is 0.0363 e. The zero-order valence-corrected chi connectivity index (χ0v) is 9.45. The number of nitrogens with zero attached hydrogens (tertiary/aromatic N) is 1. The topological polar surface area (TPSA) is 24.9 Å². The summed E-state index contributed by atoms with van der Waals surface area (Å²) in [5.74, 6) is 0.814. The largest absolute Gasteiger partial charge is 0.310 e. The summed E-state index contributed by atoms with van der Waals surface area (Å²) in [6.07, 6.45) is 9.38. The minimum Gasteiger partial charge on any atom is -0.310 e. The Balaban J connectivity index is 2.11. The molecule has 0 spiro atoms. The van der Waals surface area contributed by atoms with Crippen molar-refractivity contribution in [1.29, 1.82) is 0 Å². The molecule has 15 heavy (non-hydrogen) atoms. The summed E-state index contributed by atoms with van der Waals surface area (Å²) in [4.78, 5) is 4.22. The minimum absolute atomic E-state index is 0.520. The summed E-state index contributed by atoms with van der Waals surface area (Å²) in [5, 5.41) is 3.60. The van der Waals surface area contributed by atoms with E-state index in [1.807, 2.05) is 18.5 Å². The first-order valence-corrected chi connectivity index (χ1v) is 6.05. The zero-order valence-electron chi connectivity index (χ0n) is 9.45. The number of hydrogen-bond acceptors (Lipinski definition) is 2. The summed E-state index contributed by atoms with van der Waals surface area (Å²) in [7, 11) is 0. The van der Waals surface area contributed by atoms with E-state index in [1.54, 1.807) is 0 Å². The fraction of sp³-hybridized carbons (Fsp3) is 0.615. The van der Waals surface area contributed by atoms with Crippen molar-refractivity contribution >= 4 is 0 Å². The third-order valence-electron chi connectivity index (χ3n) is 3.34. The van der Waals surface area contributed by atoms with Crippen molar-refractivity contribution in [1.82, 2.24) is 10.3 Å². The zero-order chi connectivity index (χ0) is 10.5. The molecule has 82 valence electrons. The van der Waals surface area contributed by atoms with Gasteiger partial charge in [-0.05, 0) is 36.9 Å². The minimum atomic E-state index is 0.520. The van der Waals surface area contributed by atoms with Gasteiger partial charge in [0.05, 0.1) is 0 Å². The van der Waals surface area contributed by atoms with Gasteiger partial charge in [-0.3, -0.25) is 4.98 Å². The molecular weight excluding hydrogens is 184 g/mol. The molecule has 0 saturated heterocycles. The molecule has 1 unspecified atom stereocenters. The van der Waals surface area contributed by atoms with E-state index in [2.05, 4.69) is 23.3 Å². The number of nitrogens with one attached hydrogen (secondary N) is 1. The van der Waals surface area contributed by atoms with E-state index in [4.69, 9.17) is 0 Å². The van der Waals surface area contributed by atoms with Gasteiger partial charge in [0.15, 0.2) is 0 Å². The van der Waals surface area contributed by atoms with Crippen LogP contribution < -0.4 is 5.32 Å². The standard InChI is InChI=1S/C13H20N2/c1-2-15-13(11-6-3-4-7-11)12-8-5-9-14-10-12/h5,8-11,13,15H,2-4,6-7H2,1H3. The monoisotopic (exact) mass is 204 g/mol. The van der Waals surface area contributed by atoms with Gasteiger partial charge in [0.25, 0.3) is 0 Å². The lowest BCUT2D eigenvalue weighted by Gasteiger charge is -2.24. The Morgan fingerprint density at radius 2 is 2.27 bits per heavy atom. The van der Waals surface area contributed by atoms with Crippen molar-refractivity contribution in [2.24, 2.45) is 5.92 Å². The molecule has 2 heteroatoms.